The summed E-state index contributed by atoms with van der Waals surface area (Å²) in [5.41, 5.74) is 0.790. The molecule has 4 nitrogen and oxygen atoms in total. The van der Waals surface area contributed by atoms with Gasteiger partial charge in [-0.3, -0.25) is 9.59 Å². The number of amides is 2. The summed E-state index contributed by atoms with van der Waals surface area (Å²) >= 11 is 0. The van der Waals surface area contributed by atoms with Crippen LogP contribution in [-0.2, 0) is 16.1 Å². The van der Waals surface area contributed by atoms with Crippen LogP contribution in [0.25, 0.3) is 0 Å². The van der Waals surface area contributed by atoms with Crippen LogP contribution in [0.5, 0.6) is 0 Å². The number of rotatable bonds is 6. The van der Waals surface area contributed by atoms with Crippen LogP contribution in [0.3, 0.4) is 0 Å². The van der Waals surface area contributed by atoms with Gasteiger partial charge in [0.05, 0.1) is 6.54 Å². The van der Waals surface area contributed by atoms with Crippen molar-refractivity contribution in [1.29, 1.82) is 0 Å². The maximum atomic E-state index is 12.8. The van der Waals surface area contributed by atoms with Gasteiger partial charge in [-0.2, -0.15) is 0 Å². The second-order valence-corrected chi connectivity index (χ2v) is 4.88. The molecule has 20 heavy (non-hydrogen) atoms. The molecule has 0 heterocycles. The zero-order chi connectivity index (χ0) is 15.1. The number of nitrogens with one attached hydrogen (secondary N) is 1. The maximum Gasteiger partial charge on any atom is 0.239 e. The summed E-state index contributed by atoms with van der Waals surface area (Å²) in [6.07, 6.45) is 0.837. The Morgan fingerprint density at radius 2 is 1.90 bits per heavy atom. The highest BCUT2D eigenvalue weighted by Gasteiger charge is 2.15. The van der Waals surface area contributed by atoms with Gasteiger partial charge < -0.3 is 10.2 Å². The van der Waals surface area contributed by atoms with Gasteiger partial charge in [-0.25, -0.2) is 4.39 Å². The van der Waals surface area contributed by atoms with E-state index >= 15 is 0 Å². The lowest BCUT2D eigenvalue weighted by molar-refractivity contribution is -0.135. The summed E-state index contributed by atoms with van der Waals surface area (Å²) in [5, 5.41) is 2.82. The van der Waals surface area contributed by atoms with Crippen LogP contribution in [0.2, 0.25) is 0 Å². The fraction of sp³-hybridized carbons (Fsp3) is 0.467. The van der Waals surface area contributed by atoms with Crippen LogP contribution in [0.1, 0.15) is 32.8 Å². The molecule has 0 fully saturated rings. The first-order valence-corrected chi connectivity index (χ1v) is 6.71. The minimum absolute atomic E-state index is 0.0110. The first-order valence-electron chi connectivity index (χ1n) is 6.71. The van der Waals surface area contributed by atoms with E-state index in [9.17, 15) is 14.0 Å². The fourth-order valence-corrected chi connectivity index (χ4v) is 1.68. The number of carbonyl (C=O) groups excluding carboxylic acids is 2. The van der Waals surface area contributed by atoms with Gasteiger partial charge in [0.2, 0.25) is 11.8 Å². The molecule has 0 aliphatic carbocycles. The Morgan fingerprint density at radius 3 is 2.40 bits per heavy atom. The van der Waals surface area contributed by atoms with E-state index in [1.165, 1.54) is 24.0 Å². The standard InChI is InChI=1S/C15H21FN2O2/c1-4-11(2)17-15(20)10-18(12(3)19)9-13-5-7-14(16)8-6-13/h5-8,11H,4,9-10H2,1-3H3,(H,17,20). The van der Waals surface area contributed by atoms with Gasteiger partial charge in [-0.15, -0.1) is 0 Å². The fourth-order valence-electron chi connectivity index (χ4n) is 1.68. The van der Waals surface area contributed by atoms with E-state index in [0.29, 0.717) is 6.54 Å². The van der Waals surface area contributed by atoms with E-state index in [1.807, 2.05) is 13.8 Å². The first-order chi connectivity index (χ1) is 9.42. The Kier molecular flexibility index (Phi) is 6.15. The number of carbonyl (C=O) groups is 2. The van der Waals surface area contributed by atoms with E-state index in [1.54, 1.807) is 12.1 Å². The molecule has 1 unspecified atom stereocenters. The number of hydrogen-bond acceptors (Lipinski definition) is 2. The van der Waals surface area contributed by atoms with Crippen molar-refractivity contribution < 1.29 is 14.0 Å². The molecule has 0 spiro atoms. The number of nitrogens with zero attached hydrogens (tertiary/aromatic N) is 1. The van der Waals surface area contributed by atoms with E-state index in [2.05, 4.69) is 5.32 Å². The van der Waals surface area contributed by atoms with Crippen LogP contribution >= 0.6 is 0 Å². The van der Waals surface area contributed by atoms with E-state index in [4.69, 9.17) is 0 Å². The molecule has 1 aromatic rings. The molecular weight excluding hydrogens is 259 g/mol. The highest BCUT2D eigenvalue weighted by atomic mass is 19.1. The Labute approximate surface area is 119 Å². The quantitative estimate of drug-likeness (QED) is 0.867. The lowest BCUT2D eigenvalue weighted by atomic mass is 10.2. The third-order valence-electron chi connectivity index (χ3n) is 3.09. The molecule has 0 aliphatic heterocycles. The number of halogens is 1. The van der Waals surface area contributed by atoms with Crippen LogP contribution in [-0.4, -0.2) is 29.3 Å². The van der Waals surface area contributed by atoms with Crippen molar-refractivity contribution in [2.24, 2.45) is 0 Å². The van der Waals surface area contributed by atoms with Crippen LogP contribution in [0, 0.1) is 5.82 Å². The molecule has 0 radical (unpaired) electrons. The molecule has 2 amide bonds. The molecule has 1 rings (SSSR count). The normalized spacial score (nSPS) is 11.8. The monoisotopic (exact) mass is 280 g/mol. The van der Waals surface area contributed by atoms with Crippen molar-refractivity contribution in [3.8, 4) is 0 Å². The Morgan fingerprint density at radius 1 is 1.30 bits per heavy atom. The van der Waals surface area contributed by atoms with Crippen LogP contribution in [0.4, 0.5) is 4.39 Å². The van der Waals surface area contributed by atoms with Gasteiger partial charge in [0.1, 0.15) is 5.82 Å². The maximum absolute atomic E-state index is 12.8. The zero-order valence-corrected chi connectivity index (χ0v) is 12.1. The molecule has 110 valence electrons. The largest absolute Gasteiger partial charge is 0.352 e. The summed E-state index contributed by atoms with van der Waals surface area (Å²) in [6, 6.07) is 5.98. The van der Waals surface area contributed by atoms with Crippen molar-refractivity contribution in [3.05, 3.63) is 35.6 Å². The van der Waals surface area contributed by atoms with Crippen molar-refractivity contribution in [1.82, 2.24) is 10.2 Å². The van der Waals surface area contributed by atoms with Crippen LogP contribution < -0.4 is 5.32 Å². The minimum Gasteiger partial charge on any atom is -0.352 e. The van der Waals surface area contributed by atoms with Gasteiger partial charge in [-0.1, -0.05) is 19.1 Å². The lowest BCUT2D eigenvalue weighted by Gasteiger charge is -2.22. The molecule has 0 aliphatic rings. The SMILES string of the molecule is CCC(C)NC(=O)CN(Cc1ccc(F)cc1)C(C)=O. The average molecular weight is 280 g/mol. The average Bonchev–Trinajstić information content (AvgIpc) is 2.40. The molecular formula is C15H21FN2O2. The highest BCUT2D eigenvalue weighted by Crippen LogP contribution is 2.07. The van der Waals surface area contributed by atoms with Gasteiger partial charge in [-0.05, 0) is 31.0 Å². The predicted octanol–water partition coefficient (Wildman–Crippen LogP) is 2.09. The smallest absolute Gasteiger partial charge is 0.239 e. The van der Waals surface area contributed by atoms with Crippen LogP contribution in [0.15, 0.2) is 24.3 Å². The molecule has 5 heteroatoms. The molecule has 1 N–H and O–H groups in total. The molecule has 0 aromatic heterocycles. The zero-order valence-electron chi connectivity index (χ0n) is 12.1. The third-order valence-corrected chi connectivity index (χ3v) is 3.09. The Balaban J connectivity index is 2.63. The highest BCUT2D eigenvalue weighted by molar-refractivity contribution is 5.83. The summed E-state index contributed by atoms with van der Waals surface area (Å²) < 4.78 is 12.8. The predicted molar refractivity (Wildman–Crippen MR) is 75.4 cm³/mol. The van der Waals surface area contributed by atoms with Gasteiger partial charge >= 0.3 is 0 Å². The van der Waals surface area contributed by atoms with Gasteiger partial charge in [0.25, 0.3) is 0 Å². The van der Waals surface area contributed by atoms with Gasteiger partial charge in [0, 0.05) is 19.5 Å². The van der Waals surface area contributed by atoms with Crippen molar-refractivity contribution in [2.75, 3.05) is 6.54 Å². The lowest BCUT2D eigenvalue weighted by Crippen LogP contribution is -2.42. The molecule has 0 saturated heterocycles. The summed E-state index contributed by atoms with van der Waals surface area (Å²) in [7, 11) is 0. The molecule has 1 aromatic carbocycles. The summed E-state index contributed by atoms with van der Waals surface area (Å²) in [5.74, 6) is -0.692. The summed E-state index contributed by atoms with van der Waals surface area (Å²) in [6.45, 7) is 5.61. The molecule has 0 saturated carbocycles. The van der Waals surface area contributed by atoms with Crippen molar-refractivity contribution >= 4 is 11.8 Å². The van der Waals surface area contributed by atoms with E-state index in [0.717, 1.165) is 12.0 Å². The number of benzene rings is 1. The third kappa shape index (κ3) is 5.38. The second-order valence-electron chi connectivity index (χ2n) is 4.88. The van der Waals surface area contributed by atoms with Crippen molar-refractivity contribution in [2.45, 2.75) is 39.8 Å². The Hall–Kier alpha value is -1.91. The van der Waals surface area contributed by atoms with E-state index in [-0.39, 0.29) is 30.2 Å². The minimum atomic E-state index is -0.322. The van der Waals surface area contributed by atoms with E-state index < -0.39 is 0 Å². The van der Waals surface area contributed by atoms with Gasteiger partial charge in [0.15, 0.2) is 0 Å². The molecule has 0 bridgehead atoms. The second kappa shape index (κ2) is 7.62. The Bertz CT molecular complexity index is 459. The molecule has 1 atom stereocenters. The number of hydrogen-bond donors (Lipinski definition) is 1. The summed E-state index contributed by atoms with van der Waals surface area (Å²) in [4.78, 5) is 24.8. The van der Waals surface area contributed by atoms with Crippen molar-refractivity contribution in [3.63, 3.8) is 0 Å². The topological polar surface area (TPSA) is 49.4 Å². The first kappa shape index (κ1) is 16.1.